The Morgan fingerprint density at radius 3 is 2.90 bits per heavy atom. The molecule has 1 unspecified atom stereocenters. The van der Waals surface area contributed by atoms with Gasteiger partial charge < -0.3 is 10.6 Å². The molecule has 110 valence electrons. The molecule has 1 saturated heterocycles. The summed E-state index contributed by atoms with van der Waals surface area (Å²) in [4.78, 5) is 14.8. The van der Waals surface area contributed by atoms with E-state index in [0.717, 1.165) is 43.6 Å². The van der Waals surface area contributed by atoms with Gasteiger partial charge in [-0.15, -0.1) is 0 Å². The van der Waals surface area contributed by atoms with E-state index in [2.05, 4.69) is 10.2 Å². The molecule has 1 aliphatic rings. The van der Waals surface area contributed by atoms with Gasteiger partial charge in [0.15, 0.2) is 0 Å². The monoisotopic (exact) mass is 276 g/mol. The van der Waals surface area contributed by atoms with Crippen LogP contribution in [0.1, 0.15) is 54.4 Å². The molecule has 1 atom stereocenters. The van der Waals surface area contributed by atoms with E-state index in [4.69, 9.17) is 5.73 Å². The van der Waals surface area contributed by atoms with E-state index in [9.17, 15) is 4.79 Å². The first kappa shape index (κ1) is 14.9. The highest BCUT2D eigenvalue weighted by molar-refractivity contribution is 5.95. The third-order valence-electron chi connectivity index (χ3n) is 3.97. The van der Waals surface area contributed by atoms with Crippen molar-refractivity contribution in [2.24, 2.45) is 5.73 Å². The number of hydrogen-bond donors (Lipinski definition) is 1. The van der Waals surface area contributed by atoms with E-state index in [0.29, 0.717) is 12.1 Å². The third-order valence-corrected chi connectivity index (χ3v) is 3.97. The van der Waals surface area contributed by atoms with Gasteiger partial charge in [0.1, 0.15) is 0 Å². The van der Waals surface area contributed by atoms with Gasteiger partial charge in [-0.1, -0.05) is 19.8 Å². The molecule has 1 aromatic rings. The van der Waals surface area contributed by atoms with E-state index in [-0.39, 0.29) is 11.9 Å². The first-order chi connectivity index (χ1) is 9.67. The highest BCUT2D eigenvalue weighted by atomic mass is 16.2. The summed E-state index contributed by atoms with van der Waals surface area (Å²) in [6.07, 6.45) is 5.10. The van der Waals surface area contributed by atoms with Gasteiger partial charge in [-0.3, -0.25) is 4.79 Å². The van der Waals surface area contributed by atoms with Crippen LogP contribution in [0.3, 0.4) is 0 Å². The first-order valence-corrected chi connectivity index (χ1v) is 7.51. The molecule has 1 amide bonds. The Hall–Kier alpha value is -1.49. The number of aromatic nitrogens is 2. The van der Waals surface area contributed by atoms with Gasteiger partial charge in [-0.25, -0.2) is 0 Å². The SMILES string of the molecule is CCc1nnc(C)cc1C(=O)N1CCCCCC1CN. The second kappa shape index (κ2) is 6.79. The Morgan fingerprint density at radius 2 is 2.20 bits per heavy atom. The fourth-order valence-electron chi connectivity index (χ4n) is 2.80. The van der Waals surface area contributed by atoms with Crippen LogP contribution in [0.25, 0.3) is 0 Å². The van der Waals surface area contributed by atoms with E-state index in [1.165, 1.54) is 6.42 Å². The fraction of sp³-hybridized carbons (Fsp3) is 0.667. The van der Waals surface area contributed by atoms with Gasteiger partial charge in [-0.2, -0.15) is 10.2 Å². The molecule has 1 fully saturated rings. The van der Waals surface area contributed by atoms with E-state index in [1.807, 2.05) is 24.8 Å². The maximum Gasteiger partial charge on any atom is 0.256 e. The molecule has 2 heterocycles. The summed E-state index contributed by atoms with van der Waals surface area (Å²) in [5.74, 6) is 0.0669. The summed E-state index contributed by atoms with van der Waals surface area (Å²) in [6.45, 7) is 5.20. The molecule has 0 bridgehead atoms. The van der Waals surface area contributed by atoms with Crippen molar-refractivity contribution in [2.45, 2.75) is 52.0 Å². The zero-order chi connectivity index (χ0) is 14.5. The number of nitrogens with zero attached hydrogens (tertiary/aromatic N) is 3. The summed E-state index contributed by atoms with van der Waals surface area (Å²) in [5.41, 5.74) is 8.11. The van der Waals surface area contributed by atoms with Gasteiger partial charge in [0.05, 0.1) is 17.0 Å². The second-order valence-corrected chi connectivity index (χ2v) is 5.44. The minimum absolute atomic E-state index is 0.0669. The summed E-state index contributed by atoms with van der Waals surface area (Å²) in [7, 11) is 0. The molecule has 5 nitrogen and oxygen atoms in total. The molecule has 0 saturated carbocycles. The molecule has 1 aromatic heterocycles. The minimum atomic E-state index is 0.0669. The van der Waals surface area contributed by atoms with Crippen molar-refractivity contribution in [1.29, 1.82) is 0 Å². The third kappa shape index (κ3) is 3.15. The lowest BCUT2D eigenvalue weighted by Gasteiger charge is -2.29. The number of carbonyl (C=O) groups excluding carboxylic acids is 1. The highest BCUT2D eigenvalue weighted by Crippen LogP contribution is 2.20. The molecule has 0 aliphatic carbocycles. The number of amides is 1. The van der Waals surface area contributed by atoms with Gasteiger partial charge in [0.25, 0.3) is 5.91 Å². The summed E-state index contributed by atoms with van der Waals surface area (Å²) in [6, 6.07) is 2.01. The Kier molecular flexibility index (Phi) is 5.06. The average molecular weight is 276 g/mol. The largest absolute Gasteiger partial charge is 0.334 e. The second-order valence-electron chi connectivity index (χ2n) is 5.44. The molecular formula is C15H24N4O. The zero-order valence-electron chi connectivity index (χ0n) is 12.4. The van der Waals surface area contributed by atoms with Crippen molar-refractivity contribution >= 4 is 5.91 Å². The molecule has 0 radical (unpaired) electrons. The van der Waals surface area contributed by atoms with Crippen LogP contribution in [0.2, 0.25) is 0 Å². The predicted octanol–water partition coefficient (Wildman–Crippen LogP) is 1.69. The summed E-state index contributed by atoms with van der Waals surface area (Å²) >= 11 is 0. The number of aryl methyl sites for hydroxylation is 2. The standard InChI is InChI=1S/C15H24N4O/c1-3-14-13(9-11(2)17-18-14)15(20)19-8-6-4-5-7-12(19)10-16/h9,12H,3-8,10,16H2,1-2H3. The lowest BCUT2D eigenvalue weighted by molar-refractivity contribution is 0.0687. The number of hydrogen-bond acceptors (Lipinski definition) is 4. The fourth-order valence-corrected chi connectivity index (χ4v) is 2.80. The molecule has 2 rings (SSSR count). The number of likely N-dealkylation sites (tertiary alicyclic amines) is 1. The maximum absolute atomic E-state index is 12.9. The summed E-state index contributed by atoms with van der Waals surface area (Å²) < 4.78 is 0. The molecule has 2 N–H and O–H groups in total. The lowest BCUT2D eigenvalue weighted by atomic mass is 10.1. The van der Waals surface area contributed by atoms with E-state index >= 15 is 0 Å². The van der Waals surface area contributed by atoms with Crippen molar-refractivity contribution < 1.29 is 4.79 Å². The highest BCUT2D eigenvalue weighted by Gasteiger charge is 2.27. The zero-order valence-corrected chi connectivity index (χ0v) is 12.4. The van der Waals surface area contributed by atoms with Crippen molar-refractivity contribution in [3.8, 4) is 0 Å². The van der Waals surface area contributed by atoms with Crippen molar-refractivity contribution in [2.75, 3.05) is 13.1 Å². The number of rotatable bonds is 3. The summed E-state index contributed by atoms with van der Waals surface area (Å²) in [5, 5.41) is 8.21. The quantitative estimate of drug-likeness (QED) is 0.912. The van der Waals surface area contributed by atoms with Crippen LogP contribution in [0.15, 0.2) is 6.07 Å². The molecule has 0 aromatic carbocycles. The van der Waals surface area contributed by atoms with Crippen LogP contribution in [0.5, 0.6) is 0 Å². The molecule has 1 aliphatic heterocycles. The molecule has 5 heteroatoms. The Labute approximate surface area is 120 Å². The van der Waals surface area contributed by atoms with Crippen LogP contribution in [0, 0.1) is 6.92 Å². The first-order valence-electron chi connectivity index (χ1n) is 7.51. The topological polar surface area (TPSA) is 72.1 Å². The van der Waals surface area contributed by atoms with Gasteiger partial charge >= 0.3 is 0 Å². The van der Waals surface area contributed by atoms with Crippen molar-refractivity contribution in [3.05, 3.63) is 23.0 Å². The lowest BCUT2D eigenvalue weighted by Crippen LogP contribution is -2.44. The van der Waals surface area contributed by atoms with Crippen LogP contribution < -0.4 is 5.73 Å². The number of nitrogens with two attached hydrogens (primary N) is 1. The Balaban J connectivity index is 2.30. The Bertz CT molecular complexity index is 475. The van der Waals surface area contributed by atoms with Crippen LogP contribution in [-0.4, -0.2) is 40.1 Å². The molecule has 0 spiro atoms. The van der Waals surface area contributed by atoms with Gasteiger partial charge in [0.2, 0.25) is 0 Å². The molecular weight excluding hydrogens is 252 g/mol. The predicted molar refractivity (Wildman–Crippen MR) is 78.5 cm³/mol. The van der Waals surface area contributed by atoms with Gasteiger partial charge in [-0.05, 0) is 32.3 Å². The van der Waals surface area contributed by atoms with E-state index < -0.39 is 0 Å². The van der Waals surface area contributed by atoms with E-state index in [1.54, 1.807) is 0 Å². The normalized spacial score (nSPS) is 19.8. The Morgan fingerprint density at radius 1 is 1.40 bits per heavy atom. The van der Waals surface area contributed by atoms with Crippen LogP contribution >= 0.6 is 0 Å². The van der Waals surface area contributed by atoms with Crippen LogP contribution in [-0.2, 0) is 6.42 Å². The van der Waals surface area contributed by atoms with Crippen molar-refractivity contribution in [1.82, 2.24) is 15.1 Å². The molecule has 20 heavy (non-hydrogen) atoms. The minimum Gasteiger partial charge on any atom is -0.334 e. The van der Waals surface area contributed by atoms with Crippen molar-refractivity contribution in [3.63, 3.8) is 0 Å². The smallest absolute Gasteiger partial charge is 0.256 e. The number of carbonyl (C=O) groups is 1. The maximum atomic E-state index is 12.9. The van der Waals surface area contributed by atoms with Crippen LogP contribution in [0.4, 0.5) is 0 Å². The van der Waals surface area contributed by atoms with Gasteiger partial charge in [0, 0.05) is 19.1 Å². The average Bonchev–Trinajstić information content (AvgIpc) is 2.71.